The summed E-state index contributed by atoms with van der Waals surface area (Å²) in [5, 5.41) is 8.53. The van der Waals surface area contributed by atoms with Crippen molar-refractivity contribution in [1.29, 1.82) is 0 Å². The minimum atomic E-state index is -4.48. The highest BCUT2D eigenvalue weighted by Gasteiger charge is 2.36. The van der Waals surface area contributed by atoms with E-state index in [1.54, 1.807) is 4.90 Å². The minimum Gasteiger partial charge on any atom is -0.339 e. The molecule has 0 radical (unpaired) electrons. The highest BCUT2D eigenvalue weighted by molar-refractivity contribution is 5.29. The van der Waals surface area contributed by atoms with Gasteiger partial charge >= 0.3 is 6.18 Å². The zero-order valence-electron chi connectivity index (χ0n) is 7.80. The van der Waals surface area contributed by atoms with Crippen LogP contribution in [0.15, 0.2) is 0 Å². The number of aromatic amines is 1. The summed E-state index contributed by atoms with van der Waals surface area (Å²) in [5.41, 5.74) is 0. The van der Waals surface area contributed by atoms with Crippen LogP contribution in [0.1, 0.15) is 5.82 Å². The Morgan fingerprint density at radius 1 is 1.20 bits per heavy atom. The van der Waals surface area contributed by atoms with Crippen LogP contribution in [0.5, 0.6) is 0 Å². The van der Waals surface area contributed by atoms with Gasteiger partial charge in [0.2, 0.25) is 5.95 Å². The third-order valence-electron chi connectivity index (χ3n) is 2.14. The molecule has 84 valence electrons. The van der Waals surface area contributed by atoms with Crippen molar-refractivity contribution < 1.29 is 13.2 Å². The van der Waals surface area contributed by atoms with E-state index in [0.29, 0.717) is 13.1 Å². The Morgan fingerprint density at radius 2 is 1.87 bits per heavy atom. The van der Waals surface area contributed by atoms with Crippen molar-refractivity contribution in [2.24, 2.45) is 0 Å². The molecule has 0 saturated carbocycles. The lowest BCUT2D eigenvalue weighted by Gasteiger charge is -2.26. The molecule has 1 aliphatic heterocycles. The van der Waals surface area contributed by atoms with Crippen molar-refractivity contribution in [2.75, 3.05) is 31.1 Å². The summed E-state index contributed by atoms with van der Waals surface area (Å²) in [6.45, 7) is 2.74. The summed E-state index contributed by atoms with van der Waals surface area (Å²) >= 11 is 0. The van der Waals surface area contributed by atoms with Gasteiger partial charge in [-0.05, 0) is 0 Å². The smallest absolute Gasteiger partial charge is 0.339 e. The Morgan fingerprint density at radius 3 is 2.40 bits per heavy atom. The number of hydrogen-bond acceptors (Lipinski definition) is 4. The molecule has 0 amide bonds. The molecule has 0 aromatic carbocycles. The summed E-state index contributed by atoms with van der Waals surface area (Å²) in [4.78, 5) is 5.15. The van der Waals surface area contributed by atoms with E-state index in [1.165, 1.54) is 0 Å². The molecule has 1 aromatic heterocycles. The predicted octanol–water partition coefficient (Wildman–Crippen LogP) is 0.233. The van der Waals surface area contributed by atoms with E-state index in [0.717, 1.165) is 13.1 Å². The zero-order valence-corrected chi connectivity index (χ0v) is 7.80. The Labute approximate surface area is 83.7 Å². The van der Waals surface area contributed by atoms with Crippen LogP contribution in [0.25, 0.3) is 0 Å². The van der Waals surface area contributed by atoms with Crippen LogP contribution in [0.2, 0.25) is 0 Å². The second kappa shape index (κ2) is 3.69. The van der Waals surface area contributed by atoms with Gasteiger partial charge < -0.3 is 10.2 Å². The minimum absolute atomic E-state index is 0.184. The van der Waals surface area contributed by atoms with Gasteiger partial charge in [0, 0.05) is 26.2 Å². The summed E-state index contributed by atoms with van der Waals surface area (Å²) < 4.78 is 36.6. The quantitative estimate of drug-likeness (QED) is 0.713. The summed E-state index contributed by atoms with van der Waals surface area (Å²) in [7, 11) is 0. The monoisotopic (exact) mass is 221 g/mol. The van der Waals surface area contributed by atoms with Crippen molar-refractivity contribution in [2.45, 2.75) is 6.18 Å². The fourth-order valence-corrected chi connectivity index (χ4v) is 1.40. The molecule has 0 bridgehead atoms. The normalized spacial score (nSPS) is 18.2. The third-order valence-corrected chi connectivity index (χ3v) is 2.14. The molecule has 0 aliphatic carbocycles. The van der Waals surface area contributed by atoms with Crippen molar-refractivity contribution in [3.8, 4) is 0 Å². The van der Waals surface area contributed by atoms with Gasteiger partial charge in [0.25, 0.3) is 5.82 Å². The number of piperazine rings is 1. The largest absolute Gasteiger partial charge is 0.453 e. The maximum Gasteiger partial charge on any atom is 0.453 e. The van der Waals surface area contributed by atoms with Crippen LogP contribution in [0.4, 0.5) is 19.1 Å². The van der Waals surface area contributed by atoms with Gasteiger partial charge in [-0.3, -0.25) is 0 Å². The fraction of sp³-hybridized carbons (Fsp3) is 0.714. The Balaban J connectivity index is 2.12. The first-order valence-corrected chi connectivity index (χ1v) is 4.52. The van der Waals surface area contributed by atoms with Crippen molar-refractivity contribution >= 4 is 5.95 Å². The summed E-state index contributed by atoms with van der Waals surface area (Å²) in [5.74, 6) is -0.931. The molecular formula is C7H10F3N5. The third kappa shape index (κ3) is 2.20. The second-order valence-corrected chi connectivity index (χ2v) is 3.22. The number of nitrogens with one attached hydrogen (secondary N) is 2. The van der Waals surface area contributed by atoms with E-state index >= 15 is 0 Å². The predicted molar refractivity (Wildman–Crippen MR) is 46.5 cm³/mol. The van der Waals surface area contributed by atoms with Gasteiger partial charge in [0.1, 0.15) is 0 Å². The zero-order chi connectivity index (χ0) is 10.9. The SMILES string of the molecule is FC(F)(F)c1n[nH]c(N2CCNCC2)n1. The molecule has 5 nitrogen and oxygen atoms in total. The maximum atomic E-state index is 12.2. The number of hydrogen-bond donors (Lipinski definition) is 2. The first-order chi connectivity index (χ1) is 7.07. The van der Waals surface area contributed by atoms with Gasteiger partial charge in [-0.25, -0.2) is 5.10 Å². The van der Waals surface area contributed by atoms with Crippen LogP contribution in [0.3, 0.4) is 0 Å². The molecule has 1 fully saturated rings. The number of alkyl halides is 3. The number of anilines is 1. The van der Waals surface area contributed by atoms with Gasteiger partial charge in [0.05, 0.1) is 0 Å². The van der Waals surface area contributed by atoms with E-state index in [-0.39, 0.29) is 5.95 Å². The molecule has 0 unspecified atom stereocenters. The van der Waals surface area contributed by atoms with Crippen LogP contribution in [-0.2, 0) is 6.18 Å². The van der Waals surface area contributed by atoms with Crippen LogP contribution in [-0.4, -0.2) is 41.4 Å². The standard InChI is InChI=1S/C7H10F3N5/c8-7(9,10)5-12-6(14-13-5)15-3-1-11-2-4-15/h11H,1-4H2,(H,12,13,14). The molecule has 2 heterocycles. The van der Waals surface area contributed by atoms with Gasteiger partial charge in [-0.2, -0.15) is 18.2 Å². The first kappa shape index (κ1) is 10.2. The average molecular weight is 221 g/mol. The average Bonchev–Trinajstić information content (AvgIpc) is 2.67. The summed E-state index contributed by atoms with van der Waals surface area (Å²) in [6.07, 6.45) is -4.48. The fourth-order valence-electron chi connectivity index (χ4n) is 1.40. The Kier molecular flexibility index (Phi) is 2.51. The molecule has 2 rings (SSSR count). The van der Waals surface area contributed by atoms with Gasteiger partial charge in [-0.15, -0.1) is 5.10 Å². The number of halogens is 3. The van der Waals surface area contributed by atoms with Crippen molar-refractivity contribution in [3.05, 3.63) is 5.82 Å². The van der Waals surface area contributed by atoms with Gasteiger partial charge in [0.15, 0.2) is 0 Å². The number of nitrogens with zero attached hydrogens (tertiary/aromatic N) is 3. The molecule has 1 aliphatic rings. The van der Waals surface area contributed by atoms with Crippen molar-refractivity contribution in [1.82, 2.24) is 20.5 Å². The molecule has 0 atom stereocenters. The van der Waals surface area contributed by atoms with Crippen LogP contribution in [0, 0.1) is 0 Å². The molecule has 0 spiro atoms. The summed E-state index contributed by atoms with van der Waals surface area (Å²) in [6, 6.07) is 0. The number of aromatic nitrogens is 3. The molecular weight excluding hydrogens is 211 g/mol. The lowest BCUT2D eigenvalue weighted by atomic mass is 10.4. The second-order valence-electron chi connectivity index (χ2n) is 3.22. The van der Waals surface area contributed by atoms with E-state index in [1.807, 2.05) is 0 Å². The number of H-pyrrole nitrogens is 1. The van der Waals surface area contributed by atoms with Crippen LogP contribution < -0.4 is 10.2 Å². The Bertz CT molecular complexity index is 328. The van der Waals surface area contributed by atoms with E-state index < -0.39 is 12.0 Å². The lowest BCUT2D eigenvalue weighted by molar-refractivity contribution is -0.144. The first-order valence-electron chi connectivity index (χ1n) is 4.52. The van der Waals surface area contributed by atoms with Crippen LogP contribution >= 0.6 is 0 Å². The highest BCUT2D eigenvalue weighted by Crippen LogP contribution is 2.26. The van der Waals surface area contributed by atoms with E-state index in [2.05, 4.69) is 20.5 Å². The van der Waals surface area contributed by atoms with E-state index in [4.69, 9.17) is 0 Å². The maximum absolute atomic E-state index is 12.2. The molecule has 15 heavy (non-hydrogen) atoms. The van der Waals surface area contributed by atoms with Crippen molar-refractivity contribution in [3.63, 3.8) is 0 Å². The molecule has 2 N–H and O–H groups in total. The molecule has 8 heteroatoms. The molecule has 1 aromatic rings. The topological polar surface area (TPSA) is 56.8 Å². The highest BCUT2D eigenvalue weighted by atomic mass is 19.4. The molecule has 1 saturated heterocycles. The van der Waals surface area contributed by atoms with Gasteiger partial charge in [-0.1, -0.05) is 0 Å². The van der Waals surface area contributed by atoms with E-state index in [9.17, 15) is 13.2 Å². The Hall–Kier alpha value is -1.31. The number of rotatable bonds is 1. The lowest BCUT2D eigenvalue weighted by Crippen LogP contribution is -2.44.